The summed E-state index contributed by atoms with van der Waals surface area (Å²) in [6.45, 7) is 5.05. The molecule has 1 heterocycles. The molecule has 1 fully saturated rings. The first-order chi connectivity index (χ1) is 7.22. The van der Waals surface area contributed by atoms with Crippen molar-refractivity contribution in [3.63, 3.8) is 0 Å². The molecule has 0 aromatic carbocycles. The quantitative estimate of drug-likeness (QED) is 0.854. The molecular weight excluding hydrogens is 204 g/mol. The van der Waals surface area contributed by atoms with E-state index in [2.05, 4.69) is 13.8 Å². The number of thiazole rings is 1. The van der Waals surface area contributed by atoms with Crippen LogP contribution in [0.1, 0.15) is 66.9 Å². The molecule has 0 unspecified atom stereocenters. The molecule has 84 valence electrons. The second-order valence-corrected chi connectivity index (χ2v) is 5.82. The molecule has 0 amide bonds. The van der Waals surface area contributed by atoms with E-state index in [1.54, 1.807) is 0 Å². The van der Waals surface area contributed by atoms with Crippen LogP contribution in [0.15, 0.2) is 0 Å². The van der Waals surface area contributed by atoms with Gasteiger partial charge in [0.1, 0.15) is 0 Å². The Hall–Kier alpha value is -0.410. The van der Waals surface area contributed by atoms with Gasteiger partial charge in [0.2, 0.25) is 0 Å². The Balaban J connectivity index is 2.25. The standard InChI is InChI=1S/C12H20N2S/c1-8(2)11-10(7-13)15-12(14-11)9-5-3-4-6-9/h8-9H,3-7,13H2,1-2H3. The van der Waals surface area contributed by atoms with Crippen LogP contribution in [0.2, 0.25) is 0 Å². The van der Waals surface area contributed by atoms with Crippen molar-refractivity contribution in [1.29, 1.82) is 0 Å². The van der Waals surface area contributed by atoms with Gasteiger partial charge in [-0.15, -0.1) is 11.3 Å². The third-order valence-corrected chi connectivity index (χ3v) is 4.44. The van der Waals surface area contributed by atoms with Gasteiger partial charge >= 0.3 is 0 Å². The van der Waals surface area contributed by atoms with Crippen molar-refractivity contribution in [1.82, 2.24) is 4.98 Å². The van der Waals surface area contributed by atoms with Crippen LogP contribution < -0.4 is 5.73 Å². The molecule has 0 bridgehead atoms. The van der Waals surface area contributed by atoms with E-state index >= 15 is 0 Å². The number of nitrogens with two attached hydrogens (primary N) is 1. The summed E-state index contributed by atoms with van der Waals surface area (Å²) < 4.78 is 0. The van der Waals surface area contributed by atoms with E-state index in [9.17, 15) is 0 Å². The summed E-state index contributed by atoms with van der Waals surface area (Å²) in [6, 6.07) is 0. The molecule has 0 atom stereocenters. The van der Waals surface area contributed by atoms with E-state index in [0.29, 0.717) is 12.5 Å². The lowest BCUT2D eigenvalue weighted by molar-refractivity contribution is 0.703. The Morgan fingerprint density at radius 3 is 2.53 bits per heavy atom. The van der Waals surface area contributed by atoms with Gasteiger partial charge in [-0.25, -0.2) is 4.98 Å². The average molecular weight is 224 g/mol. The fourth-order valence-electron chi connectivity index (χ4n) is 2.33. The van der Waals surface area contributed by atoms with Crippen molar-refractivity contribution in [3.8, 4) is 0 Å². The molecule has 2 rings (SSSR count). The molecule has 2 nitrogen and oxygen atoms in total. The van der Waals surface area contributed by atoms with E-state index in [4.69, 9.17) is 10.7 Å². The van der Waals surface area contributed by atoms with E-state index in [0.717, 1.165) is 5.92 Å². The predicted octanol–water partition coefficient (Wildman–Crippen LogP) is 3.38. The number of aromatic nitrogens is 1. The fraction of sp³-hybridized carbons (Fsp3) is 0.750. The molecule has 0 saturated heterocycles. The molecule has 0 aliphatic heterocycles. The molecule has 1 aromatic rings. The predicted molar refractivity (Wildman–Crippen MR) is 65.3 cm³/mol. The highest BCUT2D eigenvalue weighted by Gasteiger charge is 2.22. The van der Waals surface area contributed by atoms with Gasteiger partial charge in [-0.2, -0.15) is 0 Å². The molecule has 1 aliphatic rings. The van der Waals surface area contributed by atoms with Crippen LogP contribution in [-0.2, 0) is 6.54 Å². The lowest BCUT2D eigenvalue weighted by atomic mass is 10.1. The minimum absolute atomic E-state index is 0.509. The Morgan fingerprint density at radius 2 is 2.07 bits per heavy atom. The highest BCUT2D eigenvalue weighted by molar-refractivity contribution is 7.11. The van der Waals surface area contributed by atoms with Crippen molar-refractivity contribution < 1.29 is 0 Å². The van der Waals surface area contributed by atoms with Crippen molar-refractivity contribution in [3.05, 3.63) is 15.6 Å². The van der Waals surface area contributed by atoms with Gasteiger partial charge in [-0.05, 0) is 18.8 Å². The Morgan fingerprint density at radius 1 is 1.40 bits per heavy atom. The van der Waals surface area contributed by atoms with Crippen LogP contribution in [0, 0.1) is 0 Å². The van der Waals surface area contributed by atoms with Gasteiger partial charge in [-0.1, -0.05) is 26.7 Å². The van der Waals surface area contributed by atoms with E-state index in [1.807, 2.05) is 11.3 Å². The molecule has 3 heteroatoms. The largest absolute Gasteiger partial charge is 0.326 e. The first-order valence-corrected chi connectivity index (χ1v) is 6.73. The summed E-state index contributed by atoms with van der Waals surface area (Å²) in [5, 5.41) is 1.34. The molecule has 1 aliphatic carbocycles. The molecular formula is C12H20N2S. The number of rotatable bonds is 3. The summed E-state index contributed by atoms with van der Waals surface area (Å²) in [4.78, 5) is 6.10. The molecule has 1 saturated carbocycles. The van der Waals surface area contributed by atoms with Crippen LogP contribution in [-0.4, -0.2) is 4.98 Å². The minimum Gasteiger partial charge on any atom is -0.326 e. The fourth-order valence-corrected chi connectivity index (χ4v) is 3.60. The SMILES string of the molecule is CC(C)c1nc(C2CCCC2)sc1CN. The van der Waals surface area contributed by atoms with E-state index < -0.39 is 0 Å². The topological polar surface area (TPSA) is 38.9 Å². The molecule has 1 aromatic heterocycles. The molecule has 0 spiro atoms. The highest BCUT2D eigenvalue weighted by Crippen LogP contribution is 2.38. The van der Waals surface area contributed by atoms with Gasteiger partial charge in [0.15, 0.2) is 0 Å². The molecule has 15 heavy (non-hydrogen) atoms. The van der Waals surface area contributed by atoms with E-state index in [1.165, 1.54) is 41.3 Å². The van der Waals surface area contributed by atoms with Crippen molar-refractivity contribution >= 4 is 11.3 Å². The summed E-state index contributed by atoms with van der Waals surface area (Å²) in [6.07, 6.45) is 5.41. The first kappa shape index (κ1) is 11.1. The maximum atomic E-state index is 5.77. The van der Waals surface area contributed by atoms with Crippen LogP contribution in [0.25, 0.3) is 0 Å². The normalized spacial score (nSPS) is 17.9. The highest BCUT2D eigenvalue weighted by atomic mass is 32.1. The lowest BCUT2D eigenvalue weighted by Gasteiger charge is -2.03. The summed E-state index contributed by atoms with van der Waals surface area (Å²) in [5.41, 5.74) is 7.01. The summed E-state index contributed by atoms with van der Waals surface area (Å²) >= 11 is 1.85. The summed E-state index contributed by atoms with van der Waals surface area (Å²) in [5.74, 6) is 1.24. The third-order valence-electron chi connectivity index (χ3n) is 3.18. The van der Waals surface area contributed by atoms with Crippen molar-refractivity contribution in [2.75, 3.05) is 0 Å². The monoisotopic (exact) mass is 224 g/mol. The van der Waals surface area contributed by atoms with Gasteiger partial charge in [0.05, 0.1) is 10.7 Å². The third kappa shape index (κ3) is 2.23. The smallest absolute Gasteiger partial charge is 0.0962 e. The number of nitrogens with zero attached hydrogens (tertiary/aromatic N) is 1. The zero-order valence-corrected chi connectivity index (χ0v) is 10.4. The van der Waals surface area contributed by atoms with Crippen molar-refractivity contribution in [2.24, 2.45) is 5.73 Å². The van der Waals surface area contributed by atoms with Crippen molar-refractivity contribution in [2.45, 2.75) is 57.9 Å². The van der Waals surface area contributed by atoms with Crippen LogP contribution >= 0.6 is 11.3 Å². The van der Waals surface area contributed by atoms with Gasteiger partial charge in [0, 0.05) is 17.3 Å². The molecule has 2 N–H and O–H groups in total. The van der Waals surface area contributed by atoms with Crippen LogP contribution in [0.5, 0.6) is 0 Å². The number of hydrogen-bond acceptors (Lipinski definition) is 3. The Labute approximate surface area is 95.9 Å². The van der Waals surface area contributed by atoms with Gasteiger partial charge in [-0.3, -0.25) is 0 Å². The second kappa shape index (κ2) is 4.62. The number of hydrogen-bond donors (Lipinski definition) is 1. The van der Waals surface area contributed by atoms with Gasteiger partial charge in [0.25, 0.3) is 0 Å². The van der Waals surface area contributed by atoms with Crippen LogP contribution in [0.4, 0.5) is 0 Å². The maximum Gasteiger partial charge on any atom is 0.0962 e. The molecule has 0 radical (unpaired) electrons. The summed E-state index contributed by atoms with van der Waals surface area (Å²) in [7, 11) is 0. The maximum absolute atomic E-state index is 5.77. The second-order valence-electron chi connectivity index (χ2n) is 4.70. The lowest BCUT2D eigenvalue weighted by Crippen LogP contribution is -2.00. The zero-order valence-electron chi connectivity index (χ0n) is 9.62. The first-order valence-electron chi connectivity index (χ1n) is 5.92. The average Bonchev–Trinajstić information content (AvgIpc) is 2.86. The Kier molecular flexibility index (Phi) is 3.42. The van der Waals surface area contributed by atoms with Crippen LogP contribution in [0.3, 0.4) is 0 Å². The Bertz CT molecular complexity index is 324. The van der Waals surface area contributed by atoms with E-state index in [-0.39, 0.29) is 0 Å². The zero-order chi connectivity index (χ0) is 10.8. The van der Waals surface area contributed by atoms with Gasteiger partial charge < -0.3 is 5.73 Å². The minimum atomic E-state index is 0.509.